The molecule has 0 aliphatic heterocycles. The molecule has 1 aromatic rings. The Balaban J connectivity index is 2.17. The molecule has 0 fully saturated rings. The number of anilines is 1. The van der Waals surface area contributed by atoms with Gasteiger partial charge in [0.25, 0.3) is 0 Å². The molecule has 1 aromatic heterocycles. The zero-order valence-corrected chi connectivity index (χ0v) is 9.36. The highest BCUT2D eigenvalue weighted by atomic mass is 32.1. The lowest BCUT2D eigenvalue weighted by molar-refractivity contribution is 0.251. The van der Waals surface area contributed by atoms with E-state index >= 15 is 0 Å². The minimum Gasteiger partial charge on any atom is -0.338 e. The first kappa shape index (κ1) is 11.0. The van der Waals surface area contributed by atoms with Gasteiger partial charge in [-0.25, -0.2) is 4.79 Å². The predicted molar refractivity (Wildman–Crippen MR) is 60.8 cm³/mol. The molecule has 0 aliphatic carbocycles. The molecule has 0 atom stereocenters. The number of hydrogen-bond donors (Lipinski definition) is 2. The molecule has 1 heterocycles. The number of thiophene rings is 1. The maximum absolute atomic E-state index is 11.3. The quantitative estimate of drug-likeness (QED) is 0.791. The molecule has 0 bridgehead atoms. The van der Waals surface area contributed by atoms with Crippen molar-refractivity contribution in [2.24, 2.45) is 5.92 Å². The van der Waals surface area contributed by atoms with E-state index in [0.29, 0.717) is 5.92 Å². The fourth-order valence-corrected chi connectivity index (χ4v) is 1.59. The Morgan fingerprint density at radius 3 is 2.93 bits per heavy atom. The Kier molecular flexibility index (Phi) is 4.46. The van der Waals surface area contributed by atoms with E-state index in [2.05, 4.69) is 24.5 Å². The van der Waals surface area contributed by atoms with Crippen LogP contribution in [0.4, 0.5) is 9.80 Å². The largest absolute Gasteiger partial charge is 0.338 e. The monoisotopic (exact) mass is 212 g/mol. The average molecular weight is 212 g/mol. The van der Waals surface area contributed by atoms with Crippen LogP contribution in [0.25, 0.3) is 0 Å². The lowest BCUT2D eigenvalue weighted by Gasteiger charge is -2.07. The van der Waals surface area contributed by atoms with Crippen LogP contribution in [0.3, 0.4) is 0 Å². The maximum atomic E-state index is 11.3. The molecule has 14 heavy (non-hydrogen) atoms. The van der Waals surface area contributed by atoms with Crippen molar-refractivity contribution in [2.75, 3.05) is 11.9 Å². The lowest BCUT2D eigenvalue weighted by atomic mass is 10.1. The number of rotatable bonds is 4. The molecule has 4 heteroatoms. The Bertz CT molecular complexity index is 270. The van der Waals surface area contributed by atoms with E-state index in [1.54, 1.807) is 0 Å². The second kappa shape index (κ2) is 5.65. The molecule has 0 radical (unpaired) electrons. The minimum atomic E-state index is -0.117. The van der Waals surface area contributed by atoms with Crippen LogP contribution >= 0.6 is 11.3 Å². The highest BCUT2D eigenvalue weighted by Crippen LogP contribution is 2.14. The highest BCUT2D eigenvalue weighted by Gasteiger charge is 2.01. The van der Waals surface area contributed by atoms with Crippen molar-refractivity contribution in [3.05, 3.63) is 17.5 Å². The summed E-state index contributed by atoms with van der Waals surface area (Å²) in [6.07, 6.45) is 1.01. The molecule has 0 unspecified atom stereocenters. The van der Waals surface area contributed by atoms with E-state index in [9.17, 15) is 4.79 Å². The molecule has 2 N–H and O–H groups in total. The van der Waals surface area contributed by atoms with Gasteiger partial charge < -0.3 is 5.32 Å². The Labute approximate surface area is 88.5 Å². The third-order valence-corrected chi connectivity index (χ3v) is 2.55. The molecule has 2 amide bonds. The Morgan fingerprint density at radius 1 is 1.57 bits per heavy atom. The third-order valence-electron chi connectivity index (χ3n) is 1.77. The summed E-state index contributed by atoms with van der Waals surface area (Å²) in [6, 6.07) is 3.68. The summed E-state index contributed by atoms with van der Waals surface area (Å²) in [5.41, 5.74) is 0. The fourth-order valence-electron chi connectivity index (χ4n) is 0.980. The van der Waals surface area contributed by atoms with Crippen molar-refractivity contribution in [3.8, 4) is 0 Å². The van der Waals surface area contributed by atoms with Crippen LogP contribution in [0, 0.1) is 5.92 Å². The van der Waals surface area contributed by atoms with Gasteiger partial charge in [0.1, 0.15) is 0 Å². The van der Waals surface area contributed by atoms with Crippen LogP contribution in [0.15, 0.2) is 17.5 Å². The summed E-state index contributed by atoms with van der Waals surface area (Å²) in [6.45, 7) is 5.01. The van der Waals surface area contributed by atoms with E-state index in [-0.39, 0.29) is 6.03 Å². The van der Waals surface area contributed by atoms with E-state index in [4.69, 9.17) is 0 Å². The first-order chi connectivity index (χ1) is 6.68. The Morgan fingerprint density at radius 2 is 2.36 bits per heavy atom. The van der Waals surface area contributed by atoms with E-state index in [1.807, 2.05) is 17.5 Å². The number of urea groups is 1. The summed E-state index contributed by atoms with van der Waals surface area (Å²) >= 11 is 1.52. The maximum Gasteiger partial charge on any atom is 0.319 e. The summed E-state index contributed by atoms with van der Waals surface area (Å²) in [5.74, 6) is 0.622. The van der Waals surface area contributed by atoms with Crippen molar-refractivity contribution < 1.29 is 4.79 Å². The van der Waals surface area contributed by atoms with Crippen LogP contribution in [-0.2, 0) is 0 Å². The molecule has 78 valence electrons. The van der Waals surface area contributed by atoms with Gasteiger partial charge >= 0.3 is 6.03 Å². The van der Waals surface area contributed by atoms with Gasteiger partial charge in [0.15, 0.2) is 0 Å². The van der Waals surface area contributed by atoms with Gasteiger partial charge in [-0.1, -0.05) is 13.8 Å². The summed E-state index contributed by atoms with van der Waals surface area (Å²) in [4.78, 5) is 11.3. The molecule has 1 rings (SSSR count). The molecule has 0 saturated heterocycles. The summed E-state index contributed by atoms with van der Waals surface area (Å²) < 4.78 is 0. The molecule has 0 spiro atoms. The van der Waals surface area contributed by atoms with Crippen LogP contribution in [0.2, 0.25) is 0 Å². The van der Waals surface area contributed by atoms with Crippen LogP contribution < -0.4 is 10.6 Å². The van der Waals surface area contributed by atoms with Crippen LogP contribution in [0.1, 0.15) is 20.3 Å². The van der Waals surface area contributed by atoms with Crippen molar-refractivity contribution in [1.82, 2.24) is 5.32 Å². The average Bonchev–Trinajstić information content (AvgIpc) is 2.56. The topological polar surface area (TPSA) is 41.1 Å². The second-order valence-corrected chi connectivity index (χ2v) is 4.49. The van der Waals surface area contributed by atoms with Crippen molar-refractivity contribution in [2.45, 2.75) is 20.3 Å². The Hall–Kier alpha value is -1.03. The minimum absolute atomic E-state index is 0.117. The third kappa shape index (κ3) is 4.28. The lowest BCUT2D eigenvalue weighted by Crippen LogP contribution is -2.29. The fraction of sp³-hybridized carbons (Fsp3) is 0.500. The van der Waals surface area contributed by atoms with Gasteiger partial charge in [0.2, 0.25) is 0 Å². The van der Waals surface area contributed by atoms with Gasteiger partial charge in [-0.2, -0.15) is 0 Å². The van der Waals surface area contributed by atoms with Gasteiger partial charge in [-0.15, -0.1) is 11.3 Å². The molecule has 3 nitrogen and oxygen atoms in total. The SMILES string of the molecule is CC(C)CCNC(=O)Nc1cccs1. The smallest absolute Gasteiger partial charge is 0.319 e. The number of amides is 2. The summed E-state index contributed by atoms with van der Waals surface area (Å²) in [7, 11) is 0. The zero-order valence-electron chi connectivity index (χ0n) is 8.54. The van der Waals surface area contributed by atoms with E-state index in [0.717, 1.165) is 18.0 Å². The number of nitrogens with one attached hydrogen (secondary N) is 2. The normalized spacial score (nSPS) is 10.2. The molecule has 0 saturated carbocycles. The summed E-state index contributed by atoms with van der Waals surface area (Å²) in [5, 5.41) is 8.39. The molecular weight excluding hydrogens is 196 g/mol. The van der Waals surface area contributed by atoms with Crippen molar-refractivity contribution >= 4 is 22.4 Å². The molecular formula is C10H16N2OS. The standard InChI is InChI=1S/C10H16N2OS/c1-8(2)5-6-11-10(13)12-9-4-3-7-14-9/h3-4,7-8H,5-6H2,1-2H3,(H2,11,12,13). The van der Waals surface area contributed by atoms with Gasteiger partial charge in [-0.3, -0.25) is 5.32 Å². The predicted octanol–water partition coefficient (Wildman–Crippen LogP) is 2.92. The van der Waals surface area contributed by atoms with Gasteiger partial charge in [-0.05, 0) is 29.9 Å². The van der Waals surface area contributed by atoms with E-state index in [1.165, 1.54) is 11.3 Å². The van der Waals surface area contributed by atoms with Crippen LogP contribution in [-0.4, -0.2) is 12.6 Å². The molecule has 0 aliphatic rings. The van der Waals surface area contributed by atoms with Gasteiger partial charge in [0.05, 0.1) is 5.00 Å². The van der Waals surface area contributed by atoms with Crippen molar-refractivity contribution in [1.29, 1.82) is 0 Å². The van der Waals surface area contributed by atoms with Crippen LogP contribution in [0.5, 0.6) is 0 Å². The number of carbonyl (C=O) groups excluding carboxylic acids is 1. The highest BCUT2D eigenvalue weighted by molar-refractivity contribution is 7.14. The number of hydrogen-bond acceptors (Lipinski definition) is 2. The first-order valence-electron chi connectivity index (χ1n) is 4.77. The van der Waals surface area contributed by atoms with E-state index < -0.39 is 0 Å². The zero-order chi connectivity index (χ0) is 10.4. The number of carbonyl (C=O) groups is 1. The first-order valence-corrected chi connectivity index (χ1v) is 5.65. The van der Waals surface area contributed by atoms with Crippen molar-refractivity contribution in [3.63, 3.8) is 0 Å². The molecule has 0 aromatic carbocycles. The second-order valence-electron chi connectivity index (χ2n) is 3.54. The van der Waals surface area contributed by atoms with Gasteiger partial charge in [0, 0.05) is 6.54 Å².